The van der Waals surface area contributed by atoms with E-state index < -0.39 is 0 Å². The Morgan fingerprint density at radius 2 is 1.94 bits per heavy atom. The van der Waals surface area contributed by atoms with E-state index in [1.165, 1.54) is 0 Å². The Balaban J connectivity index is 2.24. The maximum absolute atomic E-state index is 11.6. The third-order valence-electron chi connectivity index (χ3n) is 2.32. The van der Waals surface area contributed by atoms with Crippen LogP contribution in [0.3, 0.4) is 0 Å². The van der Waals surface area contributed by atoms with Gasteiger partial charge in [-0.1, -0.05) is 68.6 Å². The molecule has 0 bridgehead atoms. The summed E-state index contributed by atoms with van der Waals surface area (Å²) >= 11 is 6.72. The van der Waals surface area contributed by atoms with E-state index >= 15 is 0 Å². The molecule has 0 aromatic heterocycles. The molecule has 17 heavy (non-hydrogen) atoms. The Morgan fingerprint density at radius 1 is 1.24 bits per heavy atom. The number of hydrogen-bond donors (Lipinski definition) is 0. The molecule has 2 nitrogen and oxygen atoms in total. The van der Waals surface area contributed by atoms with Crippen LogP contribution in [0.1, 0.15) is 24.8 Å². The van der Waals surface area contributed by atoms with Crippen molar-refractivity contribution >= 4 is 37.8 Å². The third kappa shape index (κ3) is 6.22. The van der Waals surface area contributed by atoms with Crippen LogP contribution >= 0.6 is 31.9 Å². The number of hydrogen-bond acceptors (Lipinski definition) is 2. The van der Waals surface area contributed by atoms with Gasteiger partial charge in [-0.3, -0.25) is 4.79 Å². The maximum Gasteiger partial charge on any atom is 0.320 e. The standard InChI is InChI=1S/C13H16Br2O2/c14-9-5-4-8-12(15)13(16)17-10-11-6-2-1-3-7-11/h1-3,6-7,12H,4-5,8-10H2. The average molecular weight is 364 g/mol. The number of carbonyl (C=O) groups is 1. The molecule has 1 aromatic carbocycles. The largest absolute Gasteiger partial charge is 0.460 e. The second-order valence-corrected chi connectivity index (χ2v) is 5.64. The van der Waals surface area contributed by atoms with Gasteiger partial charge in [0.25, 0.3) is 0 Å². The van der Waals surface area contributed by atoms with E-state index in [0.717, 1.165) is 30.2 Å². The van der Waals surface area contributed by atoms with Gasteiger partial charge in [0.15, 0.2) is 0 Å². The quantitative estimate of drug-likeness (QED) is 0.415. The molecule has 0 aliphatic heterocycles. The minimum atomic E-state index is -0.190. The lowest BCUT2D eigenvalue weighted by molar-refractivity contribution is -0.144. The Bertz CT molecular complexity index is 327. The summed E-state index contributed by atoms with van der Waals surface area (Å²) in [5.74, 6) is -0.177. The van der Waals surface area contributed by atoms with Gasteiger partial charge in [0.1, 0.15) is 11.4 Å². The molecule has 0 N–H and O–H groups in total. The van der Waals surface area contributed by atoms with Crippen LogP contribution in [0.5, 0.6) is 0 Å². The summed E-state index contributed by atoms with van der Waals surface area (Å²) in [7, 11) is 0. The summed E-state index contributed by atoms with van der Waals surface area (Å²) in [6, 6.07) is 9.71. The first-order valence-electron chi connectivity index (χ1n) is 5.64. The molecule has 0 aliphatic rings. The molecule has 0 saturated carbocycles. The zero-order chi connectivity index (χ0) is 12.5. The third-order valence-corrected chi connectivity index (χ3v) is 3.71. The Hall–Kier alpha value is -0.350. The highest BCUT2D eigenvalue weighted by atomic mass is 79.9. The molecule has 0 spiro atoms. The molecular formula is C13H16Br2O2. The number of ether oxygens (including phenoxy) is 1. The van der Waals surface area contributed by atoms with Crippen LogP contribution in [0.4, 0.5) is 0 Å². The number of carbonyl (C=O) groups excluding carboxylic acids is 1. The Labute approximate surface area is 119 Å². The highest BCUT2D eigenvalue weighted by molar-refractivity contribution is 9.10. The summed E-state index contributed by atoms with van der Waals surface area (Å²) in [6.07, 6.45) is 2.91. The van der Waals surface area contributed by atoms with Crippen molar-refractivity contribution in [3.8, 4) is 0 Å². The first kappa shape index (κ1) is 14.7. The Kier molecular flexibility index (Phi) is 7.53. The van der Waals surface area contributed by atoms with E-state index in [0.29, 0.717) is 6.61 Å². The summed E-state index contributed by atoms with van der Waals surface area (Å²) in [4.78, 5) is 11.4. The number of rotatable bonds is 7. The minimum absolute atomic E-state index is 0.177. The predicted molar refractivity (Wildman–Crippen MR) is 76.6 cm³/mol. The molecule has 0 saturated heterocycles. The molecule has 1 atom stereocenters. The molecule has 0 amide bonds. The van der Waals surface area contributed by atoms with Crippen molar-refractivity contribution in [3.05, 3.63) is 35.9 Å². The maximum atomic E-state index is 11.6. The molecule has 1 rings (SSSR count). The number of unbranched alkanes of at least 4 members (excludes halogenated alkanes) is 1. The van der Waals surface area contributed by atoms with Crippen LogP contribution in [-0.4, -0.2) is 16.1 Å². The second kappa shape index (κ2) is 8.70. The highest BCUT2D eigenvalue weighted by Crippen LogP contribution is 2.13. The van der Waals surface area contributed by atoms with E-state index in [-0.39, 0.29) is 10.8 Å². The van der Waals surface area contributed by atoms with Crippen molar-refractivity contribution in [2.75, 3.05) is 5.33 Å². The van der Waals surface area contributed by atoms with Crippen LogP contribution < -0.4 is 0 Å². The SMILES string of the molecule is O=C(OCc1ccccc1)C(Br)CCCCBr. The molecule has 4 heteroatoms. The lowest BCUT2D eigenvalue weighted by Crippen LogP contribution is -2.17. The van der Waals surface area contributed by atoms with Gasteiger partial charge < -0.3 is 4.74 Å². The van der Waals surface area contributed by atoms with Gasteiger partial charge in [-0.05, 0) is 18.4 Å². The summed E-state index contributed by atoms with van der Waals surface area (Å²) < 4.78 is 5.22. The molecule has 94 valence electrons. The van der Waals surface area contributed by atoms with Gasteiger partial charge >= 0.3 is 5.97 Å². The molecule has 0 radical (unpaired) electrons. The number of halogens is 2. The minimum Gasteiger partial charge on any atom is -0.460 e. The van der Waals surface area contributed by atoms with E-state index in [9.17, 15) is 4.79 Å². The van der Waals surface area contributed by atoms with Gasteiger partial charge in [-0.2, -0.15) is 0 Å². The number of benzene rings is 1. The summed E-state index contributed by atoms with van der Waals surface area (Å²) in [5.41, 5.74) is 1.01. The molecule has 0 aliphatic carbocycles. The van der Waals surface area contributed by atoms with Crippen LogP contribution in [0.15, 0.2) is 30.3 Å². The van der Waals surface area contributed by atoms with Gasteiger partial charge in [0, 0.05) is 5.33 Å². The average Bonchev–Trinajstić information content (AvgIpc) is 2.37. The smallest absolute Gasteiger partial charge is 0.320 e. The van der Waals surface area contributed by atoms with Gasteiger partial charge in [-0.15, -0.1) is 0 Å². The van der Waals surface area contributed by atoms with Crippen molar-refractivity contribution in [2.45, 2.75) is 30.7 Å². The molecule has 1 aromatic rings. The first-order valence-corrected chi connectivity index (χ1v) is 7.68. The van der Waals surface area contributed by atoms with Crippen molar-refractivity contribution in [1.29, 1.82) is 0 Å². The first-order chi connectivity index (χ1) is 8.24. The highest BCUT2D eigenvalue weighted by Gasteiger charge is 2.15. The van der Waals surface area contributed by atoms with E-state index in [1.807, 2.05) is 30.3 Å². The second-order valence-electron chi connectivity index (χ2n) is 3.75. The molecule has 0 heterocycles. The van der Waals surface area contributed by atoms with Crippen LogP contribution in [-0.2, 0) is 16.1 Å². The fraction of sp³-hybridized carbons (Fsp3) is 0.462. The van der Waals surface area contributed by atoms with Crippen molar-refractivity contribution in [2.24, 2.45) is 0 Å². The zero-order valence-electron chi connectivity index (χ0n) is 9.57. The molecular weight excluding hydrogens is 348 g/mol. The normalized spacial score (nSPS) is 12.1. The summed E-state index contributed by atoms with van der Waals surface area (Å²) in [6.45, 7) is 0.347. The van der Waals surface area contributed by atoms with E-state index in [4.69, 9.17) is 4.74 Å². The van der Waals surface area contributed by atoms with Crippen molar-refractivity contribution in [1.82, 2.24) is 0 Å². The van der Waals surface area contributed by atoms with E-state index in [2.05, 4.69) is 31.9 Å². The van der Waals surface area contributed by atoms with Crippen LogP contribution in [0.25, 0.3) is 0 Å². The Morgan fingerprint density at radius 3 is 2.59 bits per heavy atom. The topological polar surface area (TPSA) is 26.3 Å². The molecule has 0 fully saturated rings. The van der Waals surface area contributed by atoms with Crippen molar-refractivity contribution < 1.29 is 9.53 Å². The van der Waals surface area contributed by atoms with Crippen LogP contribution in [0.2, 0.25) is 0 Å². The monoisotopic (exact) mass is 362 g/mol. The van der Waals surface area contributed by atoms with E-state index in [1.54, 1.807) is 0 Å². The number of alkyl halides is 2. The van der Waals surface area contributed by atoms with Crippen LogP contribution in [0, 0.1) is 0 Å². The zero-order valence-corrected chi connectivity index (χ0v) is 12.7. The number of esters is 1. The molecule has 1 unspecified atom stereocenters. The van der Waals surface area contributed by atoms with Crippen molar-refractivity contribution in [3.63, 3.8) is 0 Å². The van der Waals surface area contributed by atoms with Gasteiger partial charge in [0.2, 0.25) is 0 Å². The van der Waals surface area contributed by atoms with Gasteiger partial charge in [0.05, 0.1) is 0 Å². The lowest BCUT2D eigenvalue weighted by atomic mass is 10.2. The summed E-state index contributed by atoms with van der Waals surface area (Å²) in [5, 5.41) is 0.978. The lowest BCUT2D eigenvalue weighted by Gasteiger charge is -2.09. The van der Waals surface area contributed by atoms with Gasteiger partial charge in [-0.25, -0.2) is 0 Å². The fourth-order valence-corrected chi connectivity index (χ4v) is 2.21. The fourth-order valence-electron chi connectivity index (χ4n) is 1.36. The predicted octanol–water partition coefficient (Wildman–Crippen LogP) is 4.06.